The lowest BCUT2D eigenvalue weighted by molar-refractivity contribution is -0.140. The third kappa shape index (κ3) is 4.65. The van der Waals surface area contributed by atoms with Crippen LogP contribution in [-0.2, 0) is 9.59 Å². The van der Waals surface area contributed by atoms with Gasteiger partial charge in [0.05, 0.1) is 10.5 Å². The number of hydrogen-bond donors (Lipinski definition) is 2. The Morgan fingerprint density at radius 2 is 2.14 bits per heavy atom. The fourth-order valence-electron chi connectivity index (χ4n) is 2.85. The van der Waals surface area contributed by atoms with Crippen LogP contribution in [-0.4, -0.2) is 48.7 Å². The number of rotatable bonds is 8. The Labute approximate surface area is 176 Å². The van der Waals surface area contributed by atoms with Gasteiger partial charge in [-0.3, -0.25) is 23.7 Å². The summed E-state index contributed by atoms with van der Waals surface area (Å²) in [6.45, 7) is 2.23. The number of hydrogen-bond acceptors (Lipinski definition) is 7. The monoisotopic (exact) mass is 432 g/mol. The summed E-state index contributed by atoms with van der Waals surface area (Å²) in [6, 6.07) is 5.24. The molecule has 0 atom stereocenters. The van der Waals surface area contributed by atoms with Crippen LogP contribution in [0.3, 0.4) is 0 Å². The van der Waals surface area contributed by atoms with E-state index < -0.39 is 18.4 Å². The summed E-state index contributed by atoms with van der Waals surface area (Å²) in [5, 5.41) is 12.2. The highest BCUT2D eigenvalue weighted by molar-refractivity contribution is 8.26. The van der Waals surface area contributed by atoms with Crippen LogP contribution >= 0.6 is 24.0 Å². The van der Waals surface area contributed by atoms with Crippen LogP contribution in [0.1, 0.15) is 31.7 Å². The van der Waals surface area contributed by atoms with Crippen molar-refractivity contribution in [2.75, 3.05) is 18.4 Å². The second-order valence-electron chi connectivity index (χ2n) is 6.40. The first-order valence-electron chi connectivity index (χ1n) is 9.14. The lowest BCUT2D eigenvalue weighted by Gasteiger charge is -2.11. The van der Waals surface area contributed by atoms with E-state index in [9.17, 15) is 14.4 Å². The highest BCUT2D eigenvalue weighted by atomic mass is 32.2. The molecule has 0 saturated carbocycles. The van der Waals surface area contributed by atoms with E-state index in [-0.39, 0.29) is 20.3 Å². The van der Waals surface area contributed by atoms with Crippen LogP contribution in [0.25, 0.3) is 11.7 Å². The van der Waals surface area contributed by atoms with E-state index >= 15 is 0 Å². The Balaban J connectivity index is 2.03. The largest absolute Gasteiger partial charge is 0.480 e. The van der Waals surface area contributed by atoms with Crippen molar-refractivity contribution in [3.63, 3.8) is 0 Å². The third-order valence-corrected chi connectivity index (χ3v) is 5.66. The number of carbonyl (C=O) groups excluding carboxylic acids is 1. The van der Waals surface area contributed by atoms with Crippen LogP contribution in [0.4, 0.5) is 5.82 Å². The summed E-state index contributed by atoms with van der Waals surface area (Å²) in [4.78, 5) is 42.3. The van der Waals surface area contributed by atoms with E-state index in [0.29, 0.717) is 18.0 Å². The van der Waals surface area contributed by atoms with E-state index in [4.69, 9.17) is 17.3 Å². The van der Waals surface area contributed by atoms with E-state index in [1.807, 2.05) is 0 Å². The number of nitrogens with one attached hydrogen (secondary N) is 1. The molecule has 29 heavy (non-hydrogen) atoms. The molecule has 1 amide bonds. The molecule has 8 nitrogen and oxygen atoms in total. The number of anilines is 1. The predicted octanol–water partition coefficient (Wildman–Crippen LogP) is 2.58. The fourth-order valence-corrected chi connectivity index (χ4v) is 4.09. The molecule has 1 aliphatic rings. The summed E-state index contributed by atoms with van der Waals surface area (Å²) in [6.07, 6.45) is 6.08. The Bertz CT molecular complexity index is 1060. The van der Waals surface area contributed by atoms with Gasteiger partial charge in [0.25, 0.3) is 11.5 Å². The first-order chi connectivity index (χ1) is 13.9. The molecule has 0 aromatic carbocycles. The molecule has 152 valence electrons. The molecule has 3 rings (SSSR count). The van der Waals surface area contributed by atoms with E-state index in [0.717, 1.165) is 35.9 Å². The van der Waals surface area contributed by atoms with Gasteiger partial charge in [-0.15, -0.1) is 0 Å². The third-order valence-electron chi connectivity index (χ3n) is 4.28. The minimum Gasteiger partial charge on any atom is -0.480 e. The van der Waals surface area contributed by atoms with Crippen molar-refractivity contribution in [2.24, 2.45) is 0 Å². The zero-order valence-corrected chi connectivity index (χ0v) is 17.4. The molecule has 0 spiro atoms. The second kappa shape index (κ2) is 9.19. The first-order valence-corrected chi connectivity index (χ1v) is 10.4. The summed E-state index contributed by atoms with van der Waals surface area (Å²) in [5.74, 6) is -1.30. The zero-order chi connectivity index (χ0) is 21.0. The molecule has 0 unspecified atom stereocenters. The van der Waals surface area contributed by atoms with Crippen molar-refractivity contribution in [3.8, 4) is 0 Å². The van der Waals surface area contributed by atoms with Gasteiger partial charge in [0.1, 0.15) is 22.3 Å². The topological polar surface area (TPSA) is 104 Å². The molecule has 10 heteroatoms. The highest BCUT2D eigenvalue weighted by Gasteiger charge is 2.33. The number of aromatic nitrogens is 2. The van der Waals surface area contributed by atoms with Crippen LogP contribution in [0, 0.1) is 0 Å². The molecule has 0 radical (unpaired) electrons. The average molecular weight is 433 g/mol. The number of carboxylic acid groups (broad SMARTS) is 1. The highest BCUT2D eigenvalue weighted by Crippen LogP contribution is 2.32. The van der Waals surface area contributed by atoms with Crippen molar-refractivity contribution in [1.29, 1.82) is 0 Å². The molecule has 1 aliphatic heterocycles. The van der Waals surface area contributed by atoms with Crippen molar-refractivity contribution in [2.45, 2.75) is 26.2 Å². The lowest BCUT2D eigenvalue weighted by Crippen LogP contribution is -2.33. The smallest absolute Gasteiger partial charge is 0.323 e. The number of pyridine rings is 1. The Morgan fingerprint density at radius 3 is 2.86 bits per heavy atom. The van der Waals surface area contributed by atoms with Gasteiger partial charge in [0.15, 0.2) is 0 Å². The van der Waals surface area contributed by atoms with Crippen LogP contribution in [0.5, 0.6) is 0 Å². The van der Waals surface area contributed by atoms with Gasteiger partial charge in [-0.1, -0.05) is 49.8 Å². The first kappa shape index (κ1) is 21.0. The molecule has 0 aliphatic carbocycles. The van der Waals surface area contributed by atoms with Gasteiger partial charge in [0.2, 0.25) is 0 Å². The summed E-state index contributed by atoms with van der Waals surface area (Å²) >= 11 is 6.10. The van der Waals surface area contributed by atoms with Crippen molar-refractivity contribution >= 4 is 57.7 Å². The summed E-state index contributed by atoms with van der Waals surface area (Å²) < 4.78 is 1.55. The number of aliphatic carboxylic acids is 1. The molecule has 3 heterocycles. The summed E-state index contributed by atoms with van der Waals surface area (Å²) in [7, 11) is 0. The van der Waals surface area contributed by atoms with Crippen molar-refractivity contribution < 1.29 is 14.7 Å². The normalized spacial score (nSPS) is 15.5. The van der Waals surface area contributed by atoms with Crippen LogP contribution < -0.4 is 10.9 Å². The molecular formula is C19H20N4O4S2. The van der Waals surface area contributed by atoms with Crippen LogP contribution in [0.2, 0.25) is 0 Å². The quantitative estimate of drug-likeness (QED) is 0.373. The number of amides is 1. The lowest BCUT2D eigenvalue weighted by atomic mass is 10.2. The van der Waals surface area contributed by atoms with Gasteiger partial charge in [-0.05, 0) is 24.6 Å². The Kier molecular flexibility index (Phi) is 6.65. The minimum absolute atomic E-state index is 0.148. The SMILES string of the molecule is CCCCCNc1nc2ccccn2c(=O)c1C=C1SC(=S)N(CC(=O)O)C1=O. The van der Waals surface area contributed by atoms with Crippen molar-refractivity contribution in [1.82, 2.24) is 14.3 Å². The second-order valence-corrected chi connectivity index (χ2v) is 8.08. The molecule has 2 N–H and O–H groups in total. The van der Waals surface area contributed by atoms with Gasteiger partial charge in [-0.2, -0.15) is 0 Å². The van der Waals surface area contributed by atoms with Gasteiger partial charge in [0, 0.05) is 12.7 Å². The molecule has 1 fully saturated rings. The number of thiocarbonyl (C=S) groups is 1. The molecule has 2 aromatic rings. The number of thioether (sulfide) groups is 1. The summed E-state index contributed by atoms with van der Waals surface area (Å²) in [5.41, 5.74) is 0.407. The van der Waals surface area contributed by atoms with Gasteiger partial charge >= 0.3 is 5.97 Å². The Hall–Kier alpha value is -2.72. The zero-order valence-electron chi connectivity index (χ0n) is 15.8. The molecule has 1 saturated heterocycles. The van der Waals surface area contributed by atoms with Gasteiger partial charge < -0.3 is 10.4 Å². The molecule has 0 bridgehead atoms. The maximum absolute atomic E-state index is 13.1. The number of nitrogens with zero attached hydrogens (tertiary/aromatic N) is 3. The number of fused-ring (bicyclic) bond motifs is 1. The predicted molar refractivity (Wildman–Crippen MR) is 117 cm³/mol. The molecular weight excluding hydrogens is 412 g/mol. The van der Waals surface area contributed by atoms with Crippen molar-refractivity contribution in [3.05, 3.63) is 45.2 Å². The minimum atomic E-state index is -1.16. The number of carbonyl (C=O) groups is 2. The number of unbranched alkanes of at least 4 members (excludes halogenated alkanes) is 2. The fraction of sp³-hybridized carbons (Fsp3) is 0.316. The maximum atomic E-state index is 13.1. The van der Waals surface area contributed by atoms with E-state index in [2.05, 4.69) is 17.2 Å². The Morgan fingerprint density at radius 1 is 1.34 bits per heavy atom. The standard InChI is InChI=1S/C19H20N4O4S2/c1-2-3-5-8-20-16-12(17(26)22-9-6-4-7-14(22)21-16)10-13-18(27)23(11-15(24)25)19(28)29-13/h4,6-7,9-10,20H,2-3,5,8,11H2,1H3,(H,24,25). The van der Waals surface area contributed by atoms with Crippen LogP contribution in [0.15, 0.2) is 34.1 Å². The average Bonchev–Trinajstić information content (AvgIpc) is 2.95. The maximum Gasteiger partial charge on any atom is 0.323 e. The molecule has 2 aromatic heterocycles. The van der Waals surface area contributed by atoms with E-state index in [1.165, 1.54) is 10.5 Å². The van der Waals surface area contributed by atoms with Gasteiger partial charge in [-0.25, -0.2) is 4.98 Å². The van der Waals surface area contributed by atoms with E-state index in [1.54, 1.807) is 24.4 Å². The number of carboxylic acids is 1.